The number of carbonyl (C=O) groups is 2. The van der Waals surface area contributed by atoms with Crippen LogP contribution in [0.15, 0.2) is 53.4 Å². The zero-order chi connectivity index (χ0) is 18.6. The highest BCUT2D eigenvalue weighted by atomic mass is 16.3. The number of amides is 2. The number of rotatable bonds is 3. The Hall–Kier alpha value is -3.49. The van der Waals surface area contributed by atoms with Gasteiger partial charge in [-0.2, -0.15) is 0 Å². The Balaban J connectivity index is 1.41. The van der Waals surface area contributed by atoms with Crippen molar-refractivity contribution in [3.8, 4) is 5.69 Å². The fraction of sp³-hybridized carbons (Fsp3) is 0.278. The molecule has 9 nitrogen and oxygen atoms in total. The van der Waals surface area contributed by atoms with E-state index in [1.54, 1.807) is 46.2 Å². The van der Waals surface area contributed by atoms with Gasteiger partial charge in [-0.05, 0) is 53.2 Å². The van der Waals surface area contributed by atoms with Crippen molar-refractivity contribution in [2.24, 2.45) is 0 Å². The molecule has 1 fully saturated rings. The molecule has 0 aliphatic carbocycles. The maximum absolute atomic E-state index is 12.8. The van der Waals surface area contributed by atoms with E-state index in [0.29, 0.717) is 37.5 Å². The third kappa shape index (κ3) is 3.57. The molecule has 0 unspecified atom stereocenters. The van der Waals surface area contributed by atoms with E-state index in [0.717, 1.165) is 12.1 Å². The summed E-state index contributed by atoms with van der Waals surface area (Å²) in [6, 6.07) is 10.5. The number of tetrazole rings is 1. The van der Waals surface area contributed by atoms with E-state index in [9.17, 15) is 9.59 Å². The van der Waals surface area contributed by atoms with Gasteiger partial charge < -0.3 is 14.2 Å². The molecule has 0 spiro atoms. The minimum Gasteiger partial charge on any atom is -0.459 e. The van der Waals surface area contributed by atoms with Crippen molar-refractivity contribution in [3.05, 3.63) is 60.3 Å². The van der Waals surface area contributed by atoms with Crippen LogP contribution >= 0.6 is 0 Å². The summed E-state index contributed by atoms with van der Waals surface area (Å²) in [6.45, 7) is 2.17. The van der Waals surface area contributed by atoms with E-state index in [1.807, 2.05) is 0 Å². The molecule has 1 aliphatic rings. The van der Waals surface area contributed by atoms with Gasteiger partial charge >= 0.3 is 0 Å². The Morgan fingerprint density at radius 1 is 0.926 bits per heavy atom. The van der Waals surface area contributed by atoms with Crippen LogP contribution in [-0.2, 0) is 0 Å². The van der Waals surface area contributed by atoms with Gasteiger partial charge in [0.2, 0.25) is 0 Å². The Morgan fingerprint density at radius 3 is 2.30 bits per heavy atom. The molecule has 2 aromatic heterocycles. The third-order valence-electron chi connectivity index (χ3n) is 4.53. The molecule has 1 saturated heterocycles. The smallest absolute Gasteiger partial charge is 0.289 e. The van der Waals surface area contributed by atoms with Crippen LogP contribution in [0.25, 0.3) is 5.69 Å². The molecule has 0 N–H and O–H groups in total. The first-order chi connectivity index (χ1) is 13.2. The standard InChI is InChI=1S/C18H18N6O3/c25-17(14-4-6-15(7-5-14)24-13-19-20-21-24)22-8-2-9-23(11-10-22)18(26)16-3-1-12-27-16/h1,3-7,12-13H,2,8-11H2. The third-order valence-corrected chi connectivity index (χ3v) is 4.53. The summed E-state index contributed by atoms with van der Waals surface area (Å²) in [5, 5.41) is 11.0. The number of hydrogen-bond acceptors (Lipinski definition) is 6. The van der Waals surface area contributed by atoms with Gasteiger partial charge in [0.15, 0.2) is 5.76 Å². The summed E-state index contributed by atoms with van der Waals surface area (Å²) < 4.78 is 6.71. The Bertz CT molecular complexity index is 905. The number of hydrogen-bond donors (Lipinski definition) is 0. The van der Waals surface area contributed by atoms with Crippen molar-refractivity contribution in [3.63, 3.8) is 0 Å². The highest BCUT2D eigenvalue weighted by Crippen LogP contribution is 2.14. The minimum absolute atomic E-state index is 0.0504. The zero-order valence-corrected chi connectivity index (χ0v) is 14.6. The van der Waals surface area contributed by atoms with Crippen LogP contribution in [0.1, 0.15) is 27.3 Å². The van der Waals surface area contributed by atoms with Gasteiger partial charge in [-0.1, -0.05) is 0 Å². The number of benzene rings is 1. The van der Waals surface area contributed by atoms with Gasteiger partial charge in [0, 0.05) is 31.7 Å². The first-order valence-electron chi connectivity index (χ1n) is 8.68. The molecule has 1 aromatic carbocycles. The molecule has 27 heavy (non-hydrogen) atoms. The quantitative estimate of drug-likeness (QED) is 0.692. The van der Waals surface area contributed by atoms with Gasteiger partial charge in [0.05, 0.1) is 12.0 Å². The topological polar surface area (TPSA) is 97.4 Å². The monoisotopic (exact) mass is 366 g/mol. The lowest BCUT2D eigenvalue weighted by Crippen LogP contribution is -2.37. The lowest BCUT2D eigenvalue weighted by atomic mass is 10.1. The average Bonchev–Trinajstić information content (AvgIpc) is 3.38. The Labute approximate surface area is 155 Å². The van der Waals surface area contributed by atoms with Gasteiger partial charge in [-0.15, -0.1) is 5.10 Å². The maximum Gasteiger partial charge on any atom is 0.289 e. The van der Waals surface area contributed by atoms with Gasteiger partial charge in [-0.3, -0.25) is 9.59 Å². The van der Waals surface area contributed by atoms with Crippen LogP contribution in [0.4, 0.5) is 0 Å². The Kier molecular flexibility index (Phi) is 4.65. The van der Waals surface area contributed by atoms with Crippen LogP contribution in [0, 0.1) is 0 Å². The van der Waals surface area contributed by atoms with Crippen LogP contribution in [-0.4, -0.2) is 68.0 Å². The highest BCUT2D eigenvalue weighted by molar-refractivity contribution is 5.94. The SMILES string of the molecule is O=C(c1ccc(-n2cnnn2)cc1)N1CCCN(C(=O)c2ccco2)CC1. The molecular weight excluding hydrogens is 348 g/mol. The second kappa shape index (κ2) is 7.40. The molecule has 0 saturated carbocycles. The van der Waals surface area contributed by atoms with Gasteiger partial charge in [0.1, 0.15) is 6.33 Å². The van der Waals surface area contributed by atoms with E-state index in [4.69, 9.17) is 4.42 Å². The summed E-state index contributed by atoms with van der Waals surface area (Å²) in [5.74, 6) is 0.138. The molecular formula is C18H18N6O3. The zero-order valence-electron chi connectivity index (χ0n) is 14.6. The van der Waals surface area contributed by atoms with E-state index in [1.165, 1.54) is 17.3 Å². The Morgan fingerprint density at radius 2 is 1.67 bits per heavy atom. The predicted octanol–water partition coefficient (Wildman–Crippen LogP) is 1.24. The molecule has 4 rings (SSSR count). The van der Waals surface area contributed by atoms with E-state index < -0.39 is 0 Å². The molecule has 2 amide bonds. The summed E-state index contributed by atoms with van der Waals surface area (Å²) >= 11 is 0. The second-order valence-corrected chi connectivity index (χ2v) is 6.22. The fourth-order valence-electron chi connectivity index (χ4n) is 3.10. The maximum atomic E-state index is 12.8. The number of aromatic nitrogens is 4. The summed E-state index contributed by atoms with van der Waals surface area (Å²) in [7, 11) is 0. The molecule has 0 atom stereocenters. The summed E-state index contributed by atoms with van der Waals surface area (Å²) in [4.78, 5) is 28.7. The van der Waals surface area contributed by atoms with Gasteiger partial charge in [-0.25, -0.2) is 4.68 Å². The van der Waals surface area contributed by atoms with Crippen molar-refractivity contribution < 1.29 is 14.0 Å². The lowest BCUT2D eigenvalue weighted by molar-refractivity contribution is 0.0700. The summed E-state index contributed by atoms with van der Waals surface area (Å²) in [6.07, 6.45) is 3.71. The molecule has 138 valence electrons. The van der Waals surface area contributed by atoms with E-state index in [2.05, 4.69) is 15.5 Å². The molecule has 9 heteroatoms. The second-order valence-electron chi connectivity index (χ2n) is 6.22. The first kappa shape index (κ1) is 17.0. The average molecular weight is 366 g/mol. The number of carbonyl (C=O) groups excluding carboxylic acids is 2. The highest BCUT2D eigenvalue weighted by Gasteiger charge is 2.24. The van der Waals surface area contributed by atoms with E-state index in [-0.39, 0.29) is 11.8 Å². The molecule has 3 heterocycles. The van der Waals surface area contributed by atoms with Crippen LogP contribution in [0.2, 0.25) is 0 Å². The van der Waals surface area contributed by atoms with E-state index >= 15 is 0 Å². The number of nitrogens with zero attached hydrogens (tertiary/aromatic N) is 6. The largest absolute Gasteiger partial charge is 0.459 e. The minimum atomic E-state index is -0.139. The van der Waals surface area contributed by atoms with Crippen molar-refractivity contribution >= 4 is 11.8 Å². The normalized spacial score (nSPS) is 14.8. The van der Waals surface area contributed by atoms with Crippen molar-refractivity contribution in [1.82, 2.24) is 30.0 Å². The molecule has 0 bridgehead atoms. The van der Waals surface area contributed by atoms with Crippen molar-refractivity contribution in [2.45, 2.75) is 6.42 Å². The van der Waals surface area contributed by atoms with Gasteiger partial charge in [0.25, 0.3) is 11.8 Å². The van der Waals surface area contributed by atoms with Crippen molar-refractivity contribution in [2.75, 3.05) is 26.2 Å². The predicted molar refractivity (Wildman–Crippen MR) is 94.3 cm³/mol. The van der Waals surface area contributed by atoms with Crippen LogP contribution in [0.5, 0.6) is 0 Å². The summed E-state index contributed by atoms with van der Waals surface area (Å²) in [5.41, 5.74) is 1.38. The number of furan rings is 1. The first-order valence-corrected chi connectivity index (χ1v) is 8.68. The van der Waals surface area contributed by atoms with Crippen LogP contribution in [0.3, 0.4) is 0 Å². The fourth-order valence-corrected chi connectivity index (χ4v) is 3.10. The molecule has 3 aromatic rings. The molecule has 0 radical (unpaired) electrons. The molecule has 1 aliphatic heterocycles. The van der Waals surface area contributed by atoms with Crippen LogP contribution < -0.4 is 0 Å². The lowest BCUT2D eigenvalue weighted by Gasteiger charge is -2.21. The van der Waals surface area contributed by atoms with Crippen molar-refractivity contribution in [1.29, 1.82) is 0 Å².